The number of rotatable bonds is 5. The summed E-state index contributed by atoms with van der Waals surface area (Å²) in [6, 6.07) is 12.7. The first-order valence-electron chi connectivity index (χ1n) is 7.45. The molecule has 0 fully saturated rings. The van der Waals surface area contributed by atoms with Gasteiger partial charge in [0.25, 0.3) is 0 Å². The summed E-state index contributed by atoms with van der Waals surface area (Å²) in [5.74, 6) is 1.23. The molecular weight excluding hydrogens is 293 g/mol. The standard InChI is InChI=1S/C18H22FN3O/c1-13-8-14(10-16(9-13)23-3)11-21-18(20-2)22-12-15-6-4-5-7-17(15)19/h4-10H,11-12H2,1-3H3,(H2,20,21,22). The van der Waals surface area contributed by atoms with Crippen LogP contribution in [0.2, 0.25) is 0 Å². The zero-order valence-electron chi connectivity index (χ0n) is 13.7. The van der Waals surface area contributed by atoms with E-state index in [0.717, 1.165) is 16.9 Å². The van der Waals surface area contributed by atoms with Crippen LogP contribution >= 0.6 is 0 Å². The van der Waals surface area contributed by atoms with Crippen LogP contribution in [0.15, 0.2) is 47.5 Å². The first kappa shape index (κ1) is 16.8. The molecule has 2 aromatic carbocycles. The number of guanidine groups is 1. The third kappa shape index (κ3) is 4.98. The predicted octanol–water partition coefficient (Wildman–Crippen LogP) is 3.01. The van der Waals surface area contributed by atoms with Crippen LogP contribution in [0.3, 0.4) is 0 Å². The molecule has 0 aliphatic heterocycles. The lowest BCUT2D eigenvalue weighted by molar-refractivity contribution is 0.414. The number of halogens is 1. The van der Waals surface area contributed by atoms with Crippen molar-refractivity contribution < 1.29 is 9.13 Å². The highest BCUT2D eigenvalue weighted by Gasteiger charge is 2.04. The van der Waals surface area contributed by atoms with Crippen LogP contribution in [-0.4, -0.2) is 20.1 Å². The van der Waals surface area contributed by atoms with Crippen molar-refractivity contribution in [3.63, 3.8) is 0 Å². The Morgan fingerprint density at radius 1 is 1.13 bits per heavy atom. The molecule has 0 atom stereocenters. The van der Waals surface area contributed by atoms with Crippen molar-refractivity contribution in [3.8, 4) is 5.75 Å². The number of aliphatic imine (C=N–C) groups is 1. The maximum atomic E-state index is 13.6. The molecule has 0 heterocycles. The number of aryl methyl sites for hydroxylation is 1. The van der Waals surface area contributed by atoms with Crippen molar-refractivity contribution >= 4 is 5.96 Å². The monoisotopic (exact) mass is 315 g/mol. The predicted molar refractivity (Wildman–Crippen MR) is 91.2 cm³/mol. The molecule has 2 rings (SSSR count). The fourth-order valence-electron chi connectivity index (χ4n) is 2.27. The van der Waals surface area contributed by atoms with Gasteiger partial charge in [-0.25, -0.2) is 4.39 Å². The third-order valence-corrected chi connectivity index (χ3v) is 3.43. The molecule has 0 bridgehead atoms. The van der Waals surface area contributed by atoms with Crippen LogP contribution in [0.4, 0.5) is 4.39 Å². The van der Waals surface area contributed by atoms with Gasteiger partial charge < -0.3 is 15.4 Å². The number of hydrogen-bond acceptors (Lipinski definition) is 2. The van der Waals surface area contributed by atoms with E-state index >= 15 is 0 Å². The zero-order chi connectivity index (χ0) is 16.7. The van der Waals surface area contributed by atoms with E-state index < -0.39 is 0 Å². The van der Waals surface area contributed by atoms with Crippen molar-refractivity contribution in [2.75, 3.05) is 14.2 Å². The van der Waals surface area contributed by atoms with Crippen molar-refractivity contribution in [3.05, 3.63) is 65.0 Å². The van der Waals surface area contributed by atoms with Gasteiger partial charge in [0.1, 0.15) is 11.6 Å². The summed E-state index contributed by atoms with van der Waals surface area (Å²) < 4.78 is 18.9. The second-order valence-corrected chi connectivity index (χ2v) is 5.23. The Labute approximate surface area is 136 Å². The van der Waals surface area contributed by atoms with E-state index in [-0.39, 0.29) is 5.82 Å². The van der Waals surface area contributed by atoms with Crippen LogP contribution < -0.4 is 15.4 Å². The summed E-state index contributed by atoms with van der Waals surface area (Å²) in [6.45, 7) is 3.01. The number of hydrogen-bond donors (Lipinski definition) is 2. The minimum absolute atomic E-state index is 0.223. The molecule has 122 valence electrons. The largest absolute Gasteiger partial charge is 0.497 e. The fourth-order valence-corrected chi connectivity index (χ4v) is 2.27. The average molecular weight is 315 g/mol. The molecule has 0 unspecified atom stereocenters. The van der Waals surface area contributed by atoms with Gasteiger partial charge in [-0.1, -0.05) is 24.3 Å². The molecule has 4 nitrogen and oxygen atoms in total. The molecule has 0 aliphatic rings. The summed E-state index contributed by atoms with van der Waals surface area (Å²) in [5.41, 5.74) is 2.83. The van der Waals surface area contributed by atoms with Crippen molar-refractivity contribution in [2.45, 2.75) is 20.0 Å². The molecule has 2 aromatic rings. The molecule has 0 aliphatic carbocycles. The second kappa shape index (κ2) is 8.17. The van der Waals surface area contributed by atoms with E-state index in [2.05, 4.69) is 21.7 Å². The SMILES string of the molecule is CN=C(NCc1cc(C)cc(OC)c1)NCc1ccccc1F. The van der Waals surface area contributed by atoms with Gasteiger partial charge in [-0.15, -0.1) is 0 Å². The number of ether oxygens (including phenoxy) is 1. The lowest BCUT2D eigenvalue weighted by Gasteiger charge is -2.13. The van der Waals surface area contributed by atoms with E-state index in [4.69, 9.17) is 4.74 Å². The van der Waals surface area contributed by atoms with E-state index in [9.17, 15) is 4.39 Å². The van der Waals surface area contributed by atoms with Gasteiger partial charge in [-0.2, -0.15) is 0 Å². The highest BCUT2D eigenvalue weighted by Crippen LogP contribution is 2.16. The molecular formula is C18H22FN3O. The van der Waals surface area contributed by atoms with Crippen LogP contribution in [0.1, 0.15) is 16.7 Å². The molecule has 0 spiro atoms. The van der Waals surface area contributed by atoms with Crippen molar-refractivity contribution in [1.29, 1.82) is 0 Å². The molecule has 0 radical (unpaired) electrons. The summed E-state index contributed by atoms with van der Waals surface area (Å²) in [7, 11) is 3.34. The Morgan fingerprint density at radius 2 is 1.87 bits per heavy atom. The van der Waals surface area contributed by atoms with E-state index in [1.807, 2.05) is 25.1 Å². The summed E-state index contributed by atoms with van der Waals surface area (Å²) in [5, 5.41) is 6.32. The number of nitrogens with zero attached hydrogens (tertiary/aromatic N) is 1. The fraction of sp³-hybridized carbons (Fsp3) is 0.278. The lowest BCUT2D eigenvalue weighted by Crippen LogP contribution is -2.36. The highest BCUT2D eigenvalue weighted by atomic mass is 19.1. The highest BCUT2D eigenvalue weighted by molar-refractivity contribution is 5.79. The Kier molecular flexibility index (Phi) is 5.97. The number of methoxy groups -OCH3 is 1. The first-order valence-corrected chi connectivity index (χ1v) is 7.45. The molecule has 23 heavy (non-hydrogen) atoms. The Balaban J connectivity index is 1.93. The number of benzene rings is 2. The maximum absolute atomic E-state index is 13.6. The van der Waals surface area contributed by atoms with E-state index in [0.29, 0.717) is 24.6 Å². The Morgan fingerprint density at radius 3 is 2.57 bits per heavy atom. The summed E-state index contributed by atoms with van der Waals surface area (Å²) in [6.07, 6.45) is 0. The van der Waals surface area contributed by atoms with Gasteiger partial charge in [0.15, 0.2) is 5.96 Å². The Hall–Kier alpha value is -2.56. The zero-order valence-corrected chi connectivity index (χ0v) is 13.7. The average Bonchev–Trinajstić information content (AvgIpc) is 2.56. The normalized spacial score (nSPS) is 11.2. The second-order valence-electron chi connectivity index (χ2n) is 5.23. The molecule has 0 aromatic heterocycles. The van der Waals surface area contributed by atoms with Gasteiger partial charge >= 0.3 is 0 Å². The molecule has 2 N–H and O–H groups in total. The van der Waals surface area contributed by atoms with Crippen LogP contribution in [0.25, 0.3) is 0 Å². The first-order chi connectivity index (χ1) is 11.1. The third-order valence-electron chi connectivity index (χ3n) is 3.43. The Bertz CT molecular complexity index is 686. The van der Waals surface area contributed by atoms with E-state index in [1.165, 1.54) is 6.07 Å². The summed E-state index contributed by atoms with van der Waals surface area (Å²) >= 11 is 0. The molecule has 0 amide bonds. The smallest absolute Gasteiger partial charge is 0.191 e. The van der Waals surface area contributed by atoms with Crippen LogP contribution in [0.5, 0.6) is 5.75 Å². The van der Waals surface area contributed by atoms with Crippen molar-refractivity contribution in [1.82, 2.24) is 10.6 Å². The maximum Gasteiger partial charge on any atom is 0.191 e. The molecule has 0 saturated heterocycles. The van der Waals surface area contributed by atoms with Gasteiger partial charge in [-0.3, -0.25) is 4.99 Å². The van der Waals surface area contributed by atoms with Crippen LogP contribution in [0, 0.1) is 12.7 Å². The number of nitrogens with one attached hydrogen (secondary N) is 2. The summed E-state index contributed by atoms with van der Waals surface area (Å²) in [4.78, 5) is 4.15. The minimum atomic E-state index is -0.223. The van der Waals surface area contributed by atoms with Gasteiger partial charge in [0, 0.05) is 25.7 Å². The van der Waals surface area contributed by atoms with Gasteiger partial charge in [-0.05, 0) is 36.2 Å². The molecule has 5 heteroatoms. The topological polar surface area (TPSA) is 45.7 Å². The molecule has 0 saturated carbocycles. The van der Waals surface area contributed by atoms with E-state index in [1.54, 1.807) is 26.3 Å². The van der Waals surface area contributed by atoms with Gasteiger partial charge in [0.2, 0.25) is 0 Å². The van der Waals surface area contributed by atoms with Crippen LogP contribution in [-0.2, 0) is 13.1 Å². The van der Waals surface area contributed by atoms with Gasteiger partial charge in [0.05, 0.1) is 7.11 Å². The lowest BCUT2D eigenvalue weighted by atomic mass is 10.1. The van der Waals surface area contributed by atoms with Crippen molar-refractivity contribution in [2.24, 2.45) is 4.99 Å². The minimum Gasteiger partial charge on any atom is -0.497 e. The quantitative estimate of drug-likeness (QED) is 0.658.